The molecule has 1 fully saturated rings. The van der Waals surface area contributed by atoms with E-state index in [2.05, 4.69) is 23.8 Å². The minimum Gasteiger partial charge on any atom is -0.469 e. The molecule has 0 amide bonds. The van der Waals surface area contributed by atoms with E-state index in [0.29, 0.717) is 25.7 Å². The number of methoxy groups -OCH3 is 1. The van der Waals surface area contributed by atoms with Gasteiger partial charge in [0.25, 0.3) is 0 Å². The molecular weight excluding hydrogens is 391 g/mol. The van der Waals surface area contributed by atoms with Gasteiger partial charge in [0, 0.05) is 18.8 Å². The normalized spacial score (nSPS) is 23.6. The lowest BCUT2D eigenvalue weighted by Crippen LogP contribution is -2.16. The van der Waals surface area contributed by atoms with Gasteiger partial charge in [-0.15, -0.1) is 0 Å². The van der Waals surface area contributed by atoms with E-state index < -0.39 is 6.17 Å². The zero-order chi connectivity index (χ0) is 22.5. The van der Waals surface area contributed by atoms with E-state index in [0.717, 1.165) is 37.7 Å². The average Bonchev–Trinajstić information content (AvgIpc) is 3.10. The summed E-state index contributed by atoms with van der Waals surface area (Å²) >= 11 is 0. The van der Waals surface area contributed by atoms with Crippen molar-refractivity contribution in [1.29, 1.82) is 0 Å². The molecule has 1 unspecified atom stereocenters. The lowest BCUT2D eigenvalue weighted by Gasteiger charge is -2.21. The molecular formula is C27H37FO3. The molecule has 2 rings (SSSR count). The van der Waals surface area contributed by atoms with Gasteiger partial charge in [-0.25, -0.2) is 4.39 Å². The van der Waals surface area contributed by atoms with Crippen molar-refractivity contribution in [2.75, 3.05) is 7.11 Å². The smallest absolute Gasteiger partial charge is 0.305 e. The van der Waals surface area contributed by atoms with Gasteiger partial charge < -0.3 is 4.74 Å². The van der Waals surface area contributed by atoms with Gasteiger partial charge in [-0.3, -0.25) is 9.59 Å². The standard InChI is InChI=1S/C27H37FO3/c1-3-4-8-15-22(29)18-19-23-24(16-11-5-6-12-17-27(30)31-2)26(28)20-25(23)21-13-9-7-10-14-21/h5,7,9-11,13-14,18-19,23-26H,3-4,6,8,12,15-17,20H2,1-2H3/b11-5-,19-18+/t23-,24-,25?,26+/m0/s1. The van der Waals surface area contributed by atoms with Gasteiger partial charge in [0.2, 0.25) is 0 Å². The van der Waals surface area contributed by atoms with Crippen LogP contribution in [0.4, 0.5) is 4.39 Å². The Balaban J connectivity index is 2.03. The number of alkyl halides is 1. The topological polar surface area (TPSA) is 43.4 Å². The number of benzene rings is 1. The van der Waals surface area contributed by atoms with E-state index in [-0.39, 0.29) is 29.5 Å². The van der Waals surface area contributed by atoms with Gasteiger partial charge in [0.1, 0.15) is 6.17 Å². The third-order valence-corrected chi connectivity index (χ3v) is 6.22. The highest BCUT2D eigenvalue weighted by molar-refractivity contribution is 5.89. The van der Waals surface area contributed by atoms with E-state index in [1.807, 2.05) is 36.4 Å². The first-order valence-electron chi connectivity index (χ1n) is 11.7. The highest BCUT2D eigenvalue weighted by Gasteiger charge is 2.42. The van der Waals surface area contributed by atoms with Crippen molar-refractivity contribution in [3.63, 3.8) is 0 Å². The lowest BCUT2D eigenvalue weighted by molar-refractivity contribution is -0.140. The second-order valence-electron chi connectivity index (χ2n) is 8.47. The minimum absolute atomic E-state index is 0.00671. The van der Waals surface area contributed by atoms with Crippen molar-refractivity contribution in [3.8, 4) is 0 Å². The summed E-state index contributed by atoms with van der Waals surface area (Å²) in [4.78, 5) is 23.5. The quantitative estimate of drug-likeness (QED) is 0.151. The summed E-state index contributed by atoms with van der Waals surface area (Å²) in [5.74, 6) is -0.102. The molecule has 3 nitrogen and oxygen atoms in total. The second kappa shape index (κ2) is 14.0. The third kappa shape index (κ3) is 8.43. The number of unbranched alkanes of at least 4 members (excludes halogenated alkanes) is 3. The number of halogens is 1. The molecule has 1 aliphatic carbocycles. The van der Waals surface area contributed by atoms with Crippen LogP contribution in [0.1, 0.15) is 76.2 Å². The number of rotatable bonds is 13. The van der Waals surface area contributed by atoms with Crippen molar-refractivity contribution in [2.24, 2.45) is 11.8 Å². The Bertz CT molecular complexity index is 725. The zero-order valence-corrected chi connectivity index (χ0v) is 19.0. The molecule has 0 spiro atoms. The number of ether oxygens (including phenoxy) is 1. The van der Waals surface area contributed by atoms with Gasteiger partial charge in [-0.05, 0) is 55.6 Å². The predicted molar refractivity (Wildman–Crippen MR) is 124 cm³/mol. The van der Waals surface area contributed by atoms with Crippen LogP contribution in [0.3, 0.4) is 0 Å². The molecule has 1 aromatic rings. The molecule has 1 aliphatic rings. The van der Waals surface area contributed by atoms with Gasteiger partial charge in [-0.1, -0.05) is 68.3 Å². The summed E-state index contributed by atoms with van der Waals surface area (Å²) in [6.07, 6.45) is 13.5. The molecule has 0 heterocycles. The fourth-order valence-corrected chi connectivity index (χ4v) is 4.44. The van der Waals surface area contributed by atoms with E-state index in [1.54, 1.807) is 6.08 Å². The van der Waals surface area contributed by atoms with Gasteiger partial charge in [-0.2, -0.15) is 0 Å². The minimum atomic E-state index is -0.894. The first kappa shape index (κ1) is 25.0. The number of ketones is 1. The summed E-state index contributed by atoms with van der Waals surface area (Å²) in [5, 5.41) is 0. The number of esters is 1. The second-order valence-corrected chi connectivity index (χ2v) is 8.47. The van der Waals surface area contributed by atoms with E-state index in [9.17, 15) is 9.59 Å². The summed E-state index contributed by atoms with van der Waals surface area (Å²) in [7, 11) is 1.39. The molecule has 0 saturated heterocycles. The fraction of sp³-hybridized carbons (Fsp3) is 0.556. The third-order valence-electron chi connectivity index (χ3n) is 6.22. The number of hydrogen-bond acceptors (Lipinski definition) is 3. The van der Waals surface area contributed by atoms with E-state index in [1.165, 1.54) is 7.11 Å². The number of carbonyl (C=O) groups excluding carboxylic acids is 2. The van der Waals surface area contributed by atoms with Crippen molar-refractivity contribution in [3.05, 3.63) is 60.2 Å². The fourth-order valence-electron chi connectivity index (χ4n) is 4.44. The van der Waals surface area contributed by atoms with Crippen molar-refractivity contribution in [2.45, 2.75) is 76.8 Å². The van der Waals surface area contributed by atoms with Crippen LogP contribution in [0.2, 0.25) is 0 Å². The summed E-state index contributed by atoms with van der Waals surface area (Å²) in [6, 6.07) is 10.1. The van der Waals surface area contributed by atoms with Crippen molar-refractivity contribution in [1.82, 2.24) is 0 Å². The first-order valence-corrected chi connectivity index (χ1v) is 11.7. The Morgan fingerprint density at radius 2 is 1.87 bits per heavy atom. The van der Waals surface area contributed by atoms with Crippen LogP contribution in [0, 0.1) is 11.8 Å². The van der Waals surface area contributed by atoms with Crippen LogP contribution >= 0.6 is 0 Å². The largest absolute Gasteiger partial charge is 0.469 e. The Morgan fingerprint density at radius 1 is 1.10 bits per heavy atom. The maximum atomic E-state index is 15.1. The molecule has 0 radical (unpaired) electrons. The molecule has 170 valence electrons. The summed E-state index contributed by atoms with van der Waals surface area (Å²) in [6.45, 7) is 2.12. The SMILES string of the molecule is CCCCCC(=O)/C=C/[C@@H]1C(c2ccccc2)C[C@@H](F)[C@H]1C/C=C\CCCC(=O)OC. The van der Waals surface area contributed by atoms with Crippen molar-refractivity contribution < 1.29 is 18.7 Å². The number of hydrogen-bond donors (Lipinski definition) is 0. The van der Waals surface area contributed by atoms with Crippen LogP contribution in [-0.4, -0.2) is 25.0 Å². The number of allylic oxidation sites excluding steroid dienone is 4. The highest BCUT2D eigenvalue weighted by atomic mass is 19.1. The van der Waals surface area contributed by atoms with Crippen molar-refractivity contribution >= 4 is 11.8 Å². The first-order chi connectivity index (χ1) is 15.1. The summed E-state index contributed by atoms with van der Waals surface area (Å²) in [5.41, 5.74) is 1.14. The molecule has 0 N–H and O–H groups in total. The maximum absolute atomic E-state index is 15.1. The summed E-state index contributed by atoms with van der Waals surface area (Å²) < 4.78 is 19.7. The van der Waals surface area contributed by atoms with Gasteiger partial charge in [0.05, 0.1) is 7.11 Å². The Morgan fingerprint density at radius 3 is 2.58 bits per heavy atom. The van der Waals surface area contributed by atoms with E-state index in [4.69, 9.17) is 0 Å². The van der Waals surface area contributed by atoms with Crippen LogP contribution in [0.25, 0.3) is 0 Å². The Kier molecular flexibility index (Phi) is 11.3. The van der Waals surface area contributed by atoms with Crippen LogP contribution in [0.5, 0.6) is 0 Å². The molecule has 31 heavy (non-hydrogen) atoms. The van der Waals surface area contributed by atoms with Crippen LogP contribution in [-0.2, 0) is 14.3 Å². The van der Waals surface area contributed by atoms with Gasteiger partial charge >= 0.3 is 5.97 Å². The highest BCUT2D eigenvalue weighted by Crippen LogP contribution is 2.47. The van der Waals surface area contributed by atoms with Crippen LogP contribution in [0.15, 0.2) is 54.6 Å². The van der Waals surface area contributed by atoms with E-state index >= 15 is 4.39 Å². The monoisotopic (exact) mass is 428 g/mol. The molecule has 0 aromatic heterocycles. The predicted octanol–water partition coefficient (Wildman–Crippen LogP) is 6.74. The number of carbonyl (C=O) groups is 2. The molecule has 1 saturated carbocycles. The molecule has 1 aromatic carbocycles. The molecule has 4 atom stereocenters. The Labute approximate surface area is 186 Å². The zero-order valence-electron chi connectivity index (χ0n) is 19.0. The van der Waals surface area contributed by atoms with Crippen LogP contribution < -0.4 is 0 Å². The Hall–Kier alpha value is -2.23. The molecule has 4 heteroatoms. The maximum Gasteiger partial charge on any atom is 0.305 e. The molecule has 0 bridgehead atoms. The molecule has 0 aliphatic heterocycles. The average molecular weight is 429 g/mol. The lowest BCUT2D eigenvalue weighted by atomic mass is 9.83. The van der Waals surface area contributed by atoms with Gasteiger partial charge in [0.15, 0.2) is 5.78 Å².